The molecule has 0 amide bonds. The molecule has 1 aromatic carbocycles. The molecule has 1 aromatic rings. The van der Waals surface area contributed by atoms with E-state index < -0.39 is 0 Å². The molecule has 1 aliphatic heterocycles. The fourth-order valence-corrected chi connectivity index (χ4v) is 4.75. The van der Waals surface area contributed by atoms with Crippen molar-refractivity contribution in [2.75, 3.05) is 26.7 Å². The van der Waals surface area contributed by atoms with Crippen LogP contribution in [0.1, 0.15) is 63.0 Å². The Bertz CT molecular complexity index is 689. The van der Waals surface area contributed by atoms with Crippen molar-refractivity contribution in [2.24, 2.45) is 5.92 Å². The molecule has 1 saturated heterocycles. The van der Waals surface area contributed by atoms with Crippen molar-refractivity contribution < 1.29 is 4.74 Å². The van der Waals surface area contributed by atoms with E-state index in [-0.39, 0.29) is 5.41 Å². The van der Waals surface area contributed by atoms with E-state index in [1.54, 1.807) is 7.11 Å². The highest BCUT2D eigenvalue weighted by molar-refractivity contribution is 5.43. The number of methoxy groups -OCH3 is 1. The minimum Gasteiger partial charge on any atom is -0.496 e. The number of piperidine rings is 1. The van der Waals surface area contributed by atoms with Crippen molar-refractivity contribution in [1.82, 2.24) is 4.90 Å². The summed E-state index contributed by atoms with van der Waals surface area (Å²) < 4.78 is 5.64. The highest BCUT2D eigenvalue weighted by Gasteiger charge is 2.37. The van der Waals surface area contributed by atoms with Gasteiger partial charge in [-0.05, 0) is 48.8 Å². The van der Waals surface area contributed by atoms with Gasteiger partial charge in [-0.15, -0.1) is 0 Å². The summed E-state index contributed by atoms with van der Waals surface area (Å²) in [5.74, 6) is 1.75. The zero-order valence-electron chi connectivity index (χ0n) is 17.1. The van der Waals surface area contributed by atoms with Crippen molar-refractivity contribution in [3.63, 3.8) is 0 Å². The highest BCUT2D eigenvalue weighted by Crippen LogP contribution is 2.39. The number of rotatable bonds is 7. The first-order valence-electron chi connectivity index (χ1n) is 10.6. The molecule has 1 heterocycles. The van der Waals surface area contributed by atoms with E-state index >= 15 is 0 Å². The maximum atomic E-state index is 10.1. The minimum absolute atomic E-state index is 0.360. The number of hydrogen-bond donors (Lipinski definition) is 0. The van der Waals surface area contributed by atoms with Crippen LogP contribution < -0.4 is 4.74 Å². The van der Waals surface area contributed by atoms with Crippen LogP contribution in [0.3, 0.4) is 0 Å². The van der Waals surface area contributed by atoms with E-state index in [0.29, 0.717) is 0 Å². The molecular formula is C24H34N2O. The molecule has 27 heavy (non-hydrogen) atoms. The normalized spacial score (nSPS) is 20.3. The Labute approximate surface area is 165 Å². The number of nitrogens with zero attached hydrogens (tertiary/aromatic N) is 2. The Kier molecular flexibility index (Phi) is 6.60. The van der Waals surface area contributed by atoms with Crippen molar-refractivity contribution in [3.8, 4) is 11.8 Å². The zero-order chi connectivity index (χ0) is 19.3. The summed E-state index contributed by atoms with van der Waals surface area (Å²) in [6, 6.07) is 9.18. The molecule has 2 aliphatic rings. The number of likely N-dealkylation sites (tertiary alicyclic amines) is 1. The molecule has 3 heteroatoms. The molecule has 0 bridgehead atoms. The van der Waals surface area contributed by atoms with Gasteiger partial charge in [-0.3, -0.25) is 4.90 Å². The van der Waals surface area contributed by atoms with Crippen LogP contribution in [0.25, 0.3) is 0 Å². The maximum absolute atomic E-state index is 10.1. The number of hydrogen-bond acceptors (Lipinski definition) is 3. The minimum atomic E-state index is -0.360. The lowest BCUT2D eigenvalue weighted by atomic mass is 9.73. The largest absolute Gasteiger partial charge is 0.496 e. The molecule has 1 aliphatic carbocycles. The molecule has 3 rings (SSSR count). The van der Waals surface area contributed by atoms with Gasteiger partial charge >= 0.3 is 0 Å². The lowest BCUT2D eigenvalue weighted by molar-refractivity contribution is 0.198. The Morgan fingerprint density at radius 3 is 2.59 bits per heavy atom. The van der Waals surface area contributed by atoms with E-state index in [0.717, 1.165) is 57.0 Å². The van der Waals surface area contributed by atoms with Gasteiger partial charge < -0.3 is 4.74 Å². The predicted molar refractivity (Wildman–Crippen MR) is 111 cm³/mol. The second-order valence-electron chi connectivity index (χ2n) is 8.45. The van der Waals surface area contributed by atoms with Crippen LogP contribution in [-0.4, -0.2) is 31.6 Å². The molecule has 146 valence electrons. The predicted octanol–water partition coefficient (Wildman–Crippen LogP) is 5.25. The second kappa shape index (κ2) is 8.93. The van der Waals surface area contributed by atoms with E-state index in [1.165, 1.54) is 42.4 Å². The van der Waals surface area contributed by atoms with Crippen molar-refractivity contribution >= 4 is 0 Å². The molecule has 0 N–H and O–H groups in total. The SMILES string of the molecule is C=C(CC)CN1CCC(C#N)(c2ccc(OC)c(CC3CCCC3)c2)CC1. The van der Waals surface area contributed by atoms with Crippen molar-refractivity contribution in [1.29, 1.82) is 5.26 Å². The fraction of sp³-hybridized carbons (Fsp3) is 0.625. The van der Waals surface area contributed by atoms with E-state index in [4.69, 9.17) is 4.74 Å². The Morgan fingerprint density at radius 1 is 1.30 bits per heavy atom. The van der Waals surface area contributed by atoms with Crippen LogP contribution in [0.15, 0.2) is 30.4 Å². The summed E-state index contributed by atoms with van der Waals surface area (Å²) in [6.45, 7) is 9.21. The molecule has 0 spiro atoms. The first kappa shape index (κ1) is 20.0. The summed E-state index contributed by atoms with van der Waals surface area (Å²) >= 11 is 0. The quantitative estimate of drug-likeness (QED) is 0.618. The van der Waals surface area contributed by atoms with E-state index in [9.17, 15) is 5.26 Å². The summed E-state index contributed by atoms with van der Waals surface area (Å²) in [6.07, 6.45) is 9.27. The fourth-order valence-electron chi connectivity index (χ4n) is 4.75. The van der Waals surface area contributed by atoms with Gasteiger partial charge in [-0.1, -0.05) is 56.9 Å². The second-order valence-corrected chi connectivity index (χ2v) is 8.45. The Hall–Kier alpha value is -1.79. The summed E-state index contributed by atoms with van der Waals surface area (Å²) in [4.78, 5) is 2.45. The van der Waals surface area contributed by atoms with Gasteiger partial charge in [-0.25, -0.2) is 0 Å². The third kappa shape index (κ3) is 4.55. The molecule has 2 fully saturated rings. The van der Waals surface area contributed by atoms with E-state index in [2.05, 4.69) is 42.7 Å². The van der Waals surface area contributed by atoms with Crippen LogP contribution in [0.5, 0.6) is 5.75 Å². The van der Waals surface area contributed by atoms with Crippen LogP contribution in [0, 0.1) is 17.2 Å². The lowest BCUT2D eigenvalue weighted by Crippen LogP contribution is -2.42. The van der Waals surface area contributed by atoms with Gasteiger partial charge in [0.2, 0.25) is 0 Å². The highest BCUT2D eigenvalue weighted by atomic mass is 16.5. The van der Waals surface area contributed by atoms with Gasteiger partial charge in [-0.2, -0.15) is 5.26 Å². The number of benzene rings is 1. The van der Waals surface area contributed by atoms with Crippen LogP contribution >= 0.6 is 0 Å². The average Bonchev–Trinajstić information content (AvgIpc) is 3.21. The first-order valence-corrected chi connectivity index (χ1v) is 10.6. The van der Waals surface area contributed by atoms with Crippen LogP contribution in [0.2, 0.25) is 0 Å². The molecule has 3 nitrogen and oxygen atoms in total. The monoisotopic (exact) mass is 366 g/mol. The van der Waals surface area contributed by atoms with Crippen molar-refractivity contribution in [3.05, 3.63) is 41.5 Å². The topological polar surface area (TPSA) is 36.3 Å². The van der Waals surface area contributed by atoms with Gasteiger partial charge in [0.25, 0.3) is 0 Å². The number of nitriles is 1. The van der Waals surface area contributed by atoms with Crippen LogP contribution in [0.4, 0.5) is 0 Å². The standard InChI is InChI=1S/C24H34N2O/c1-4-19(2)17-26-13-11-24(18-25,12-14-26)22-9-10-23(27-3)21(16-22)15-20-7-5-6-8-20/h9-10,16,20H,2,4-8,11-15,17H2,1,3H3. The van der Waals surface area contributed by atoms with E-state index in [1.807, 2.05) is 0 Å². The molecular weight excluding hydrogens is 332 g/mol. The Morgan fingerprint density at radius 2 is 2.00 bits per heavy atom. The van der Waals surface area contributed by atoms with Gasteiger partial charge in [0.15, 0.2) is 0 Å². The lowest BCUT2D eigenvalue weighted by Gasteiger charge is -2.38. The molecule has 0 atom stereocenters. The summed E-state index contributed by atoms with van der Waals surface area (Å²) in [7, 11) is 1.76. The van der Waals surface area contributed by atoms with Gasteiger partial charge in [0.05, 0.1) is 18.6 Å². The Balaban J connectivity index is 1.77. The van der Waals surface area contributed by atoms with Crippen LogP contribution in [-0.2, 0) is 11.8 Å². The third-order valence-corrected chi connectivity index (χ3v) is 6.69. The first-order chi connectivity index (χ1) is 13.1. The van der Waals surface area contributed by atoms with Gasteiger partial charge in [0.1, 0.15) is 5.75 Å². The number of ether oxygens (including phenoxy) is 1. The smallest absolute Gasteiger partial charge is 0.122 e. The summed E-state index contributed by atoms with van der Waals surface area (Å²) in [5, 5.41) is 10.1. The third-order valence-electron chi connectivity index (χ3n) is 6.69. The average molecular weight is 367 g/mol. The van der Waals surface area contributed by atoms with Crippen molar-refractivity contribution in [2.45, 2.75) is 63.7 Å². The molecule has 0 unspecified atom stereocenters. The molecule has 0 aromatic heterocycles. The molecule has 0 radical (unpaired) electrons. The zero-order valence-corrected chi connectivity index (χ0v) is 17.1. The molecule has 1 saturated carbocycles. The van der Waals surface area contributed by atoms with Gasteiger partial charge in [0, 0.05) is 19.6 Å². The summed E-state index contributed by atoms with van der Waals surface area (Å²) in [5.41, 5.74) is 3.40. The maximum Gasteiger partial charge on any atom is 0.122 e.